The third-order valence-corrected chi connectivity index (χ3v) is 2.58. The minimum Gasteiger partial charge on any atom is -0.496 e. The molecule has 0 aliphatic heterocycles. The maximum atomic E-state index is 11.4. The standard InChI is InChI=1S/C11H9BrO3/c1-6(13)8-3-7-4-11(12)15-9(7)5-10(8)14-2/h3-5H,1-2H3. The average Bonchev–Trinajstić information content (AvgIpc) is 2.54. The van der Waals surface area contributed by atoms with E-state index in [2.05, 4.69) is 15.9 Å². The quantitative estimate of drug-likeness (QED) is 0.784. The third kappa shape index (κ3) is 1.77. The molecule has 15 heavy (non-hydrogen) atoms. The number of rotatable bonds is 2. The third-order valence-electron chi connectivity index (χ3n) is 2.19. The Balaban J connectivity index is 2.73. The lowest BCUT2D eigenvalue weighted by atomic mass is 10.1. The van der Waals surface area contributed by atoms with Gasteiger partial charge in [-0.2, -0.15) is 0 Å². The van der Waals surface area contributed by atoms with Gasteiger partial charge in [0.05, 0.1) is 12.7 Å². The first-order valence-electron chi connectivity index (χ1n) is 4.40. The van der Waals surface area contributed by atoms with E-state index in [1.165, 1.54) is 14.0 Å². The van der Waals surface area contributed by atoms with Gasteiger partial charge in [0, 0.05) is 11.5 Å². The van der Waals surface area contributed by atoms with Crippen LogP contribution in [0.25, 0.3) is 11.0 Å². The van der Waals surface area contributed by atoms with Crippen LogP contribution in [0.5, 0.6) is 5.75 Å². The number of ketones is 1. The number of ether oxygens (including phenoxy) is 1. The van der Waals surface area contributed by atoms with Crippen molar-refractivity contribution in [3.63, 3.8) is 0 Å². The van der Waals surface area contributed by atoms with Crippen molar-refractivity contribution in [3.05, 3.63) is 28.4 Å². The summed E-state index contributed by atoms with van der Waals surface area (Å²) >= 11 is 3.24. The Hall–Kier alpha value is -1.29. The fraction of sp³-hybridized carbons (Fsp3) is 0.182. The van der Waals surface area contributed by atoms with Crippen LogP contribution < -0.4 is 4.74 Å². The van der Waals surface area contributed by atoms with Gasteiger partial charge >= 0.3 is 0 Å². The highest BCUT2D eigenvalue weighted by Gasteiger charge is 2.12. The Morgan fingerprint density at radius 2 is 2.13 bits per heavy atom. The predicted octanol–water partition coefficient (Wildman–Crippen LogP) is 3.41. The van der Waals surface area contributed by atoms with Crippen LogP contribution in [0.2, 0.25) is 0 Å². The van der Waals surface area contributed by atoms with Gasteiger partial charge in [-0.25, -0.2) is 0 Å². The van der Waals surface area contributed by atoms with Gasteiger partial charge in [-0.15, -0.1) is 0 Å². The van der Waals surface area contributed by atoms with E-state index in [4.69, 9.17) is 9.15 Å². The lowest BCUT2D eigenvalue weighted by molar-refractivity contribution is 0.101. The van der Waals surface area contributed by atoms with Crippen LogP contribution in [0, 0.1) is 0 Å². The minimum absolute atomic E-state index is 0.0222. The average molecular weight is 269 g/mol. The highest BCUT2D eigenvalue weighted by atomic mass is 79.9. The SMILES string of the molecule is COc1cc2oc(Br)cc2cc1C(C)=O. The number of carbonyl (C=O) groups is 1. The van der Waals surface area contributed by atoms with Crippen molar-refractivity contribution >= 4 is 32.7 Å². The monoisotopic (exact) mass is 268 g/mol. The number of halogens is 1. The lowest BCUT2D eigenvalue weighted by Crippen LogP contribution is -1.96. The van der Waals surface area contributed by atoms with E-state index < -0.39 is 0 Å². The summed E-state index contributed by atoms with van der Waals surface area (Å²) < 4.78 is 11.1. The van der Waals surface area contributed by atoms with Gasteiger partial charge in [0.2, 0.25) is 0 Å². The molecule has 0 amide bonds. The van der Waals surface area contributed by atoms with E-state index in [1.807, 2.05) is 6.07 Å². The topological polar surface area (TPSA) is 39.4 Å². The molecule has 0 radical (unpaired) electrons. The van der Waals surface area contributed by atoms with Crippen LogP contribution in [-0.4, -0.2) is 12.9 Å². The molecule has 0 N–H and O–H groups in total. The van der Waals surface area contributed by atoms with Crippen LogP contribution >= 0.6 is 15.9 Å². The molecule has 0 aliphatic rings. The van der Waals surface area contributed by atoms with Gasteiger partial charge in [0.15, 0.2) is 10.5 Å². The Morgan fingerprint density at radius 1 is 1.40 bits per heavy atom. The molecule has 3 nitrogen and oxygen atoms in total. The molecule has 0 atom stereocenters. The van der Waals surface area contributed by atoms with Crippen LogP contribution in [0.4, 0.5) is 0 Å². The molecule has 4 heteroatoms. The fourth-order valence-corrected chi connectivity index (χ4v) is 1.90. The molecule has 1 aromatic heterocycles. The second kappa shape index (κ2) is 3.70. The molecule has 2 aromatic rings. The van der Waals surface area contributed by atoms with Crippen molar-refractivity contribution in [3.8, 4) is 5.75 Å². The molecule has 0 spiro atoms. The summed E-state index contributed by atoms with van der Waals surface area (Å²) in [4.78, 5) is 11.4. The first-order valence-corrected chi connectivity index (χ1v) is 5.19. The second-order valence-corrected chi connectivity index (χ2v) is 3.98. The maximum absolute atomic E-state index is 11.4. The van der Waals surface area contributed by atoms with Gasteiger partial charge in [-0.1, -0.05) is 0 Å². The molecule has 0 saturated heterocycles. The lowest BCUT2D eigenvalue weighted by Gasteiger charge is -2.04. The number of furan rings is 1. The molecule has 0 unspecified atom stereocenters. The molecule has 2 rings (SSSR count). The normalized spacial score (nSPS) is 10.6. The second-order valence-electron chi connectivity index (χ2n) is 3.20. The predicted molar refractivity (Wildman–Crippen MR) is 60.5 cm³/mol. The molecule has 0 aliphatic carbocycles. The number of methoxy groups -OCH3 is 1. The summed E-state index contributed by atoms with van der Waals surface area (Å²) in [5, 5.41) is 0.882. The molecule has 1 aromatic carbocycles. The van der Waals surface area contributed by atoms with Gasteiger partial charge in [0.25, 0.3) is 0 Å². The van der Waals surface area contributed by atoms with E-state index in [9.17, 15) is 4.79 Å². The number of carbonyl (C=O) groups excluding carboxylic acids is 1. The van der Waals surface area contributed by atoms with Crippen molar-refractivity contribution in [1.29, 1.82) is 0 Å². The van der Waals surface area contributed by atoms with E-state index in [0.29, 0.717) is 21.6 Å². The molecule has 0 fully saturated rings. The highest BCUT2D eigenvalue weighted by molar-refractivity contribution is 9.10. The number of hydrogen-bond acceptors (Lipinski definition) is 3. The van der Waals surface area contributed by atoms with Crippen LogP contribution in [0.15, 0.2) is 27.3 Å². The van der Waals surface area contributed by atoms with Gasteiger partial charge in [-0.3, -0.25) is 4.79 Å². The van der Waals surface area contributed by atoms with Crippen molar-refractivity contribution in [2.45, 2.75) is 6.92 Å². The zero-order chi connectivity index (χ0) is 11.0. The Morgan fingerprint density at radius 3 is 2.73 bits per heavy atom. The smallest absolute Gasteiger partial charge is 0.170 e. The summed E-state index contributed by atoms with van der Waals surface area (Å²) in [6, 6.07) is 5.31. The Bertz CT molecular complexity index is 528. The summed E-state index contributed by atoms with van der Waals surface area (Å²) in [7, 11) is 1.53. The fourth-order valence-electron chi connectivity index (χ4n) is 1.48. The number of hydrogen-bond donors (Lipinski definition) is 0. The van der Waals surface area contributed by atoms with Gasteiger partial charge in [-0.05, 0) is 35.0 Å². The Kier molecular flexibility index (Phi) is 2.52. The molecular formula is C11H9BrO3. The summed E-state index contributed by atoms with van der Waals surface area (Å²) in [5.41, 5.74) is 1.27. The minimum atomic E-state index is -0.0222. The number of benzene rings is 1. The number of Topliss-reactive ketones (excluding diaryl/α,β-unsaturated/α-hetero) is 1. The zero-order valence-corrected chi connectivity index (χ0v) is 9.92. The Labute approximate surface area is 95.1 Å². The number of fused-ring (bicyclic) bond motifs is 1. The summed E-state index contributed by atoms with van der Waals surface area (Å²) in [5.74, 6) is 0.517. The zero-order valence-electron chi connectivity index (χ0n) is 8.33. The van der Waals surface area contributed by atoms with Crippen molar-refractivity contribution in [2.75, 3.05) is 7.11 Å². The van der Waals surface area contributed by atoms with E-state index in [0.717, 1.165) is 5.39 Å². The van der Waals surface area contributed by atoms with Crippen molar-refractivity contribution in [1.82, 2.24) is 0 Å². The van der Waals surface area contributed by atoms with E-state index in [-0.39, 0.29) is 5.78 Å². The first-order chi connectivity index (χ1) is 7.11. The molecule has 78 valence electrons. The van der Waals surface area contributed by atoms with Crippen LogP contribution in [0.1, 0.15) is 17.3 Å². The maximum Gasteiger partial charge on any atom is 0.170 e. The molecular weight excluding hydrogens is 260 g/mol. The van der Waals surface area contributed by atoms with Gasteiger partial charge < -0.3 is 9.15 Å². The van der Waals surface area contributed by atoms with Crippen molar-refractivity contribution in [2.24, 2.45) is 0 Å². The van der Waals surface area contributed by atoms with E-state index >= 15 is 0 Å². The molecule has 0 bridgehead atoms. The first kappa shape index (κ1) is 10.2. The highest BCUT2D eigenvalue weighted by Crippen LogP contribution is 2.30. The van der Waals surface area contributed by atoms with E-state index in [1.54, 1.807) is 12.1 Å². The van der Waals surface area contributed by atoms with Gasteiger partial charge in [0.1, 0.15) is 11.3 Å². The summed E-state index contributed by atoms with van der Waals surface area (Å²) in [6.45, 7) is 1.51. The molecule has 1 heterocycles. The summed E-state index contributed by atoms with van der Waals surface area (Å²) in [6.07, 6.45) is 0. The molecule has 0 saturated carbocycles. The largest absolute Gasteiger partial charge is 0.496 e. The van der Waals surface area contributed by atoms with Crippen LogP contribution in [-0.2, 0) is 0 Å². The van der Waals surface area contributed by atoms with Crippen molar-refractivity contribution < 1.29 is 13.9 Å². The van der Waals surface area contributed by atoms with Crippen LogP contribution in [0.3, 0.4) is 0 Å².